The second kappa shape index (κ2) is 6.29. The highest BCUT2D eigenvalue weighted by atomic mass is 32.1. The lowest BCUT2D eigenvalue weighted by Crippen LogP contribution is -2.37. The van der Waals surface area contributed by atoms with E-state index in [-0.39, 0.29) is 0 Å². The summed E-state index contributed by atoms with van der Waals surface area (Å²) in [6, 6.07) is 0. The average Bonchev–Trinajstić information content (AvgIpc) is 2.83. The topological polar surface area (TPSA) is 42.4 Å². The molecule has 0 unspecified atom stereocenters. The van der Waals surface area contributed by atoms with Crippen LogP contribution in [0.25, 0.3) is 0 Å². The summed E-state index contributed by atoms with van der Waals surface area (Å²) < 4.78 is 5.64. The highest BCUT2D eigenvalue weighted by Gasteiger charge is 2.22. The first-order chi connectivity index (χ1) is 8.78. The van der Waals surface area contributed by atoms with Crippen LogP contribution in [-0.2, 0) is 11.2 Å². The van der Waals surface area contributed by atoms with E-state index >= 15 is 0 Å². The van der Waals surface area contributed by atoms with E-state index in [0.29, 0.717) is 6.10 Å². The van der Waals surface area contributed by atoms with Gasteiger partial charge >= 0.3 is 0 Å². The van der Waals surface area contributed by atoms with Crippen molar-refractivity contribution in [3.8, 4) is 0 Å². The maximum Gasteiger partial charge on any atom is 0.186 e. The van der Waals surface area contributed by atoms with Gasteiger partial charge in [-0.3, -0.25) is 4.79 Å². The SMILES string of the molecule is CCOC1CCN(c2nc(CC)c(C=O)s2)CC1. The zero-order valence-electron chi connectivity index (χ0n) is 11.0. The number of thiazole rings is 1. The Balaban J connectivity index is 2.00. The number of aldehydes is 1. The minimum absolute atomic E-state index is 0.391. The van der Waals surface area contributed by atoms with Crippen LogP contribution in [0.2, 0.25) is 0 Å². The van der Waals surface area contributed by atoms with E-state index in [2.05, 4.69) is 9.88 Å². The second-order valence-corrected chi connectivity index (χ2v) is 5.43. The monoisotopic (exact) mass is 268 g/mol. The smallest absolute Gasteiger partial charge is 0.186 e. The van der Waals surface area contributed by atoms with Crippen molar-refractivity contribution in [1.82, 2.24) is 4.98 Å². The second-order valence-electron chi connectivity index (χ2n) is 4.42. The summed E-state index contributed by atoms with van der Waals surface area (Å²) in [5, 5.41) is 0.990. The molecule has 0 aliphatic carbocycles. The maximum atomic E-state index is 11.0. The molecule has 1 aliphatic rings. The molecule has 0 saturated carbocycles. The van der Waals surface area contributed by atoms with Gasteiger partial charge in [0.1, 0.15) is 0 Å². The molecular weight excluding hydrogens is 248 g/mol. The van der Waals surface area contributed by atoms with Crippen LogP contribution in [-0.4, -0.2) is 37.1 Å². The number of aryl methyl sites for hydroxylation is 1. The molecule has 0 aromatic carbocycles. The fourth-order valence-electron chi connectivity index (χ4n) is 2.28. The Morgan fingerprint density at radius 3 is 2.67 bits per heavy atom. The molecular formula is C13H20N2O2S. The van der Waals surface area contributed by atoms with Crippen LogP contribution in [0.4, 0.5) is 5.13 Å². The Morgan fingerprint density at radius 2 is 2.17 bits per heavy atom. The van der Waals surface area contributed by atoms with Gasteiger partial charge in [-0.25, -0.2) is 4.98 Å². The van der Waals surface area contributed by atoms with Crippen molar-refractivity contribution in [2.75, 3.05) is 24.6 Å². The molecule has 4 nitrogen and oxygen atoms in total. The summed E-state index contributed by atoms with van der Waals surface area (Å²) in [5.74, 6) is 0. The van der Waals surface area contributed by atoms with E-state index in [0.717, 1.165) is 60.9 Å². The van der Waals surface area contributed by atoms with E-state index in [1.54, 1.807) is 0 Å². The highest BCUT2D eigenvalue weighted by Crippen LogP contribution is 2.28. The van der Waals surface area contributed by atoms with Gasteiger partial charge in [-0.1, -0.05) is 18.3 Å². The van der Waals surface area contributed by atoms with Crippen molar-refractivity contribution in [2.45, 2.75) is 39.2 Å². The minimum Gasteiger partial charge on any atom is -0.378 e. The molecule has 0 N–H and O–H groups in total. The number of hydrogen-bond acceptors (Lipinski definition) is 5. The molecule has 100 valence electrons. The van der Waals surface area contributed by atoms with Gasteiger partial charge in [0.25, 0.3) is 0 Å². The minimum atomic E-state index is 0.391. The predicted molar refractivity (Wildman–Crippen MR) is 73.7 cm³/mol. The molecule has 2 heterocycles. The van der Waals surface area contributed by atoms with Crippen molar-refractivity contribution in [2.24, 2.45) is 0 Å². The van der Waals surface area contributed by atoms with Crippen molar-refractivity contribution >= 4 is 22.8 Å². The molecule has 1 fully saturated rings. The Bertz CT molecular complexity index is 398. The number of anilines is 1. The molecule has 1 aromatic rings. The number of aromatic nitrogens is 1. The predicted octanol–water partition coefficient (Wildman–Crippen LogP) is 2.52. The summed E-state index contributed by atoms with van der Waals surface area (Å²) in [5.41, 5.74) is 0.928. The van der Waals surface area contributed by atoms with Crippen molar-refractivity contribution in [3.63, 3.8) is 0 Å². The van der Waals surface area contributed by atoms with Gasteiger partial charge < -0.3 is 9.64 Å². The first-order valence-electron chi connectivity index (χ1n) is 6.59. The zero-order valence-corrected chi connectivity index (χ0v) is 11.8. The molecule has 18 heavy (non-hydrogen) atoms. The standard InChI is InChI=1S/C13H20N2O2S/c1-3-11-12(9-16)18-13(14-11)15-7-5-10(6-8-15)17-4-2/h9-10H,3-8H2,1-2H3. The van der Waals surface area contributed by atoms with E-state index in [1.165, 1.54) is 11.3 Å². The molecule has 0 atom stereocenters. The van der Waals surface area contributed by atoms with Crippen molar-refractivity contribution in [1.29, 1.82) is 0 Å². The van der Waals surface area contributed by atoms with Crippen LogP contribution in [0.3, 0.4) is 0 Å². The van der Waals surface area contributed by atoms with E-state index in [9.17, 15) is 4.79 Å². The molecule has 1 aromatic heterocycles. The summed E-state index contributed by atoms with van der Waals surface area (Å²) in [6.45, 7) is 6.81. The van der Waals surface area contributed by atoms with Crippen LogP contribution in [0.5, 0.6) is 0 Å². The van der Waals surface area contributed by atoms with E-state index < -0.39 is 0 Å². The third kappa shape index (κ3) is 2.90. The Hall–Kier alpha value is -0.940. The Labute approximate surface area is 112 Å². The van der Waals surface area contributed by atoms with Crippen molar-refractivity contribution < 1.29 is 9.53 Å². The maximum absolute atomic E-state index is 11.0. The van der Waals surface area contributed by atoms with Gasteiger partial charge in [0.05, 0.1) is 16.7 Å². The first-order valence-corrected chi connectivity index (χ1v) is 7.41. The van der Waals surface area contributed by atoms with Gasteiger partial charge in [-0.05, 0) is 26.2 Å². The normalized spacial score (nSPS) is 17.1. The van der Waals surface area contributed by atoms with Gasteiger partial charge in [0.15, 0.2) is 11.4 Å². The lowest BCUT2D eigenvalue weighted by molar-refractivity contribution is 0.0459. The van der Waals surface area contributed by atoms with Crippen LogP contribution in [0.15, 0.2) is 0 Å². The summed E-state index contributed by atoms with van der Waals surface area (Å²) in [4.78, 5) is 18.6. The largest absolute Gasteiger partial charge is 0.378 e. The lowest BCUT2D eigenvalue weighted by Gasteiger charge is -2.31. The van der Waals surface area contributed by atoms with Gasteiger partial charge in [0.2, 0.25) is 0 Å². The number of carbonyl (C=O) groups excluding carboxylic acids is 1. The molecule has 0 spiro atoms. The molecule has 1 saturated heterocycles. The Kier molecular flexibility index (Phi) is 4.72. The number of piperidine rings is 1. The molecule has 5 heteroatoms. The van der Waals surface area contributed by atoms with Crippen LogP contribution in [0, 0.1) is 0 Å². The fraction of sp³-hybridized carbons (Fsp3) is 0.692. The molecule has 2 rings (SSSR count). The number of nitrogens with zero attached hydrogens (tertiary/aromatic N) is 2. The molecule has 0 bridgehead atoms. The average molecular weight is 268 g/mol. The van der Waals surface area contributed by atoms with Gasteiger partial charge in [-0.15, -0.1) is 0 Å². The van der Waals surface area contributed by atoms with E-state index in [1.807, 2.05) is 13.8 Å². The third-order valence-electron chi connectivity index (χ3n) is 3.27. The number of rotatable bonds is 5. The van der Waals surface area contributed by atoms with E-state index in [4.69, 9.17) is 4.74 Å². The number of hydrogen-bond donors (Lipinski definition) is 0. The first kappa shape index (κ1) is 13.5. The lowest BCUT2D eigenvalue weighted by atomic mass is 10.1. The van der Waals surface area contributed by atoms with Gasteiger partial charge in [0, 0.05) is 19.7 Å². The number of carbonyl (C=O) groups is 1. The molecule has 0 radical (unpaired) electrons. The molecule has 0 amide bonds. The summed E-state index contributed by atoms with van der Waals surface area (Å²) in [7, 11) is 0. The quantitative estimate of drug-likeness (QED) is 0.770. The zero-order chi connectivity index (χ0) is 13.0. The molecule has 1 aliphatic heterocycles. The Morgan fingerprint density at radius 1 is 1.44 bits per heavy atom. The van der Waals surface area contributed by atoms with Crippen LogP contribution >= 0.6 is 11.3 Å². The number of ether oxygens (including phenoxy) is 1. The summed E-state index contributed by atoms with van der Waals surface area (Å²) >= 11 is 1.51. The van der Waals surface area contributed by atoms with Crippen LogP contribution in [0.1, 0.15) is 42.1 Å². The van der Waals surface area contributed by atoms with Crippen LogP contribution < -0.4 is 4.90 Å². The third-order valence-corrected chi connectivity index (χ3v) is 4.36. The highest BCUT2D eigenvalue weighted by molar-refractivity contribution is 7.17. The summed E-state index contributed by atoms with van der Waals surface area (Å²) in [6.07, 6.45) is 4.23. The van der Waals surface area contributed by atoms with Gasteiger partial charge in [-0.2, -0.15) is 0 Å². The van der Waals surface area contributed by atoms with Crippen molar-refractivity contribution in [3.05, 3.63) is 10.6 Å². The fourth-order valence-corrected chi connectivity index (χ4v) is 3.30.